The number of anilines is 1. The Morgan fingerprint density at radius 3 is 2.65 bits per heavy atom. The zero-order valence-corrected chi connectivity index (χ0v) is 14.0. The number of hydrogen-bond donors (Lipinski definition) is 2. The molecule has 4 nitrogen and oxygen atoms in total. The summed E-state index contributed by atoms with van der Waals surface area (Å²) in [6.07, 6.45) is 0. The molecule has 0 saturated heterocycles. The number of rotatable bonds is 7. The Morgan fingerprint density at radius 1 is 1.09 bits per heavy atom. The van der Waals surface area contributed by atoms with Crippen molar-refractivity contribution >= 4 is 11.6 Å². The van der Waals surface area contributed by atoms with Crippen LogP contribution >= 0.6 is 0 Å². The van der Waals surface area contributed by atoms with Gasteiger partial charge in [0.25, 0.3) is 0 Å². The van der Waals surface area contributed by atoms with E-state index in [4.69, 9.17) is 4.74 Å². The average molecular weight is 312 g/mol. The fourth-order valence-electron chi connectivity index (χ4n) is 2.25. The van der Waals surface area contributed by atoms with Crippen LogP contribution in [0.4, 0.5) is 5.69 Å². The molecule has 0 bridgehead atoms. The summed E-state index contributed by atoms with van der Waals surface area (Å²) >= 11 is 0. The first-order valence-electron chi connectivity index (χ1n) is 7.82. The Balaban J connectivity index is 1.68. The van der Waals surface area contributed by atoms with Crippen molar-refractivity contribution in [3.63, 3.8) is 0 Å². The topological polar surface area (TPSA) is 50.4 Å². The van der Waals surface area contributed by atoms with Crippen LogP contribution in [-0.2, 0) is 4.79 Å². The molecular weight excluding hydrogens is 288 g/mol. The molecule has 1 amide bonds. The monoisotopic (exact) mass is 312 g/mol. The maximum atomic E-state index is 11.8. The molecular formula is C19H24N2O2. The van der Waals surface area contributed by atoms with Crippen LogP contribution in [0.15, 0.2) is 42.5 Å². The summed E-state index contributed by atoms with van der Waals surface area (Å²) in [6.45, 7) is 7.33. The van der Waals surface area contributed by atoms with Gasteiger partial charge in [0.1, 0.15) is 12.4 Å². The van der Waals surface area contributed by atoms with E-state index in [1.54, 1.807) is 0 Å². The highest BCUT2D eigenvalue weighted by Crippen LogP contribution is 2.17. The standard InChI is InChI=1S/C19H24N2O2/c1-14-6-4-8-17(12-14)23-11-10-20-19(22)13-21-18-9-5-7-15(2)16(18)3/h4-9,12,21H,10-11,13H2,1-3H3,(H,20,22). The maximum absolute atomic E-state index is 11.8. The predicted molar refractivity (Wildman–Crippen MR) is 94.1 cm³/mol. The van der Waals surface area contributed by atoms with Gasteiger partial charge in [0, 0.05) is 5.69 Å². The largest absolute Gasteiger partial charge is 0.492 e. The lowest BCUT2D eigenvalue weighted by molar-refractivity contribution is -0.119. The molecule has 2 N–H and O–H groups in total. The van der Waals surface area contributed by atoms with E-state index in [9.17, 15) is 4.79 Å². The second-order valence-corrected chi connectivity index (χ2v) is 5.62. The minimum atomic E-state index is -0.0428. The van der Waals surface area contributed by atoms with Crippen molar-refractivity contribution in [3.8, 4) is 5.75 Å². The molecule has 0 aliphatic heterocycles. The molecule has 2 rings (SSSR count). The van der Waals surface area contributed by atoms with Gasteiger partial charge in [-0.05, 0) is 55.7 Å². The number of nitrogens with one attached hydrogen (secondary N) is 2. The van der Waals surface area contributed by atoms with Gasteiger partial charge in [-0.1, -0.05) is 24.3 Å². The van der Waals surface area contributed by atoms with Crippen LogP contribution in [0.25, 0.3) is 0 Å². The van der Waals surface area contributed by atoms with Gasteiger partial charge in [-0.15, -0.1) is 0 Å². The molecule has 23 heavy (non-hydrogen) atoms. The van der Waals surface area contributed by atoms with Crippen LogP contribution in [0.5, 0.6) is 5.75 Å². The summed E-state index contributed by atoms with van der Waals surface area (Å²) in [7, 11) is 0. The molecule has 0 unspecified atom stereocenters. The predicted octanol–water partition coefficient (Wildman–Crippen LogP) is 3.22. The molecule has 0 aliphatic carbocycles. The average Bonchev–Trinajstić information content (AvgIpc) is 2.53. The van der Waals surface area contributed by atoms with Crippen LogP contribution in [-0.4, -0.2) is 25.6 Å². The van der Waals surface area contributed by atoms with Gasteiger partial charge >= 0.3 is 0 Å². The van der Waals surface area contributed by atoms with E-state index < -0.39 is 0 Å². The molecule has 2 aromatic rings. The zero-order valence-electron chi connectivity index (χ0n) is 14.0. The summed E-state index contributed by atoms with van der Waals surface area (Å²) in [6, 6.07) is 13.9. The van der Waals surface area contributed by atoms with Gasteiger partial charge in [0.2, 0.25) is 5.91 Å². The zero-order chi connectivity index (χ0) is 16.7. The highest BCUT2D eigenvalue weighted by atomic mass is 16.5. The van der Waals surface area contributed by atoms with Gasteiger partial charge < -0.3 is 15.4 Å². The molecule has 0 radical (unpaired) electrons. The number of amides is 1. The van der Waals surface area contributed by atoms with E-state index in [1.165, 1.54) is 11.1 Å². The lowest BCUT2D eigenvalue weighted by Crippen LogP contribution is -2.33. The van der Waals surface area contributed by atoms with Crippen LogP contribution in [0.2, 0.25) is 0 Å². The van der Waals surface area contributed by atoms with Crippen molar-refractivity contribution in [3.05, 3.63) is 59.2 Å². The first-order valence-corrected chi connectivity index (χ1v) is 7.82. The summed E-state index contributed by atoms with van der Waals surface area (Å²) in [5.41, 5.74) is 4.53. The lowest BCUT2D eigenvalue weighted by Gasteiger charge is -2.12. The van der Waals surface area contributed by atoms with E-state index in [1.807, 2.05) is 50.2 Å². The summed E-state index contributed by atoms with van der Waals surface area (Å²) in [5.74, 6) is 0.784. The summed E-state index contributed by atoms with van der Waals surface area (Å²) < 4.78 is 5.60. The normalized spacial score (nSPS) is 10.2. The first kappa shape index (κ1) is 16.9. The van der Waals surface area contributed by atoms with Gasteiger partial charge in [-0.2, -0.15) is 0 Å². The fourth-order valence-corrected chi connectivity index (χ4v) is 2.25. The summed E-state index contributed by atoms with van der Waals surface area (Å²) in [5, 5.41) is 6.01. The van der Waals surface area contributed by atoms with Gasteiger partial charge in [-0.25, -0.2) is 0 Å². The Kier molecular flexibility index (Phi) is 6.03. The van der Waals surface area contributed by atoms with Crippen molar-refractivity contribution in [1.82, 2.24) is 5.32 Å². The SMILES string of the molecule is Cc1cccc(OCCNC(=O)CNc2cccc(C)c2C)c1. The molecule has 2 aromatic carbocycles. The minimum Gasteiger partial charge on any atom is -0.492 e. The number of carbonyl (C=O) groups excluding carboxylic acids is 1. The van der Waals surface area contributed by atoms with Crippen molar-refractivity contribution < 1.29 is 9.53 Å². The van der Waals surface area contributed by atoms with Crippen molar-refractivity contribution in [2.24, 2.45) is 0 Å². The Bertz CT molecular complexity index is 668. The van der Waals surface area contributed by atoms with E-state index in [0.717, 1.165) is 17.0 Å². The van der Waals surface area contributed by atoms with Crippen LogP contribution < -0.4 is 15.4 Å². The van der Waals surface area contributed by atoms with Crippen LogP contribution in [0, 0.1) is 20.8 Å². The molecule has 0 fully saturated rings. The molecule has 0 spiro atoms. The molecule has 4 heteroatoms. The van der Waals surface area contributed by atoms with E-state index in [2.05, 4.69) is 23.6 Å². The lowest BCUT2D eigenvalue weighted by atomic mass is 10.1. The van der Waals surface area contributed by atoms with E-state index in [-0.39, 0.29) is 12.5 Å². The van der Waals surface area contributed by atoms with Crippen LogP contribution in [0.1, 0.15) is 16.7 Å². The van der Waals surface area contributed by atoms with Crippen LogP contribution in [0.3, 0.4) is 0 Å². The number of aryl methyl sites for hydroxylation is 2. The third kappa shape index (κ3) is 5.33. The number of ether oxygens (including phenoxy) is 1. The van der Waals surface area contributed by atoms with Crippen molar-refractivity contribution in [2.75, 3.05) is 25.0 Å². The third-order valence-corrected chi connectivity index (χ3v) is 3.73. The second kappa shape index (κ2) is 8.22. The van der Waals surface area contributed by atoms with E-state index in [0.29, 0.717) is 13.2 Å². The molecule has 0 aromatic heterocycles. The Labute approximate surface area is 137 Å². The van der Waals surface area contributed by atoms with Gasteiger partial charge in [0.15, 0.2) is 0 Å². The Morgan fingerprint density at radius 2 is 1.87 bits per heavy atom. The highest BCUT2D eigenvalue weighted by molar-refractivity contribution is 5.81. The van der Waals surface area contributed by atoms with Crippen molar-refractivity contribution in [1.29, 1.82) is 0 Å². The second-order valence-electron chi connectivity index (χ2n) is 5.62. The maximum Gasteiger partial charge on any atom is 0.239 e. The number of benzene rings is 2. The van der Waals surface area contributed by atoms with Gasteiger partial charge in [0.05, 0.1) is 13.1 Å². The fraction of sp³-hybridized carbons (Fsp3) is 0.316. The molecule has 0 atom stereocenters. The molecule has 0 saturated carbocycles. The molecule has 0 heterocycles. The quantitative estimate of drug-likeness (QED) is 0.772. The molecule has 122 valence electrons. The highest BCUT2D eigenvalue weighted by Gasteiger charge is 2.04. The minimum absolute atomic E-state index is 0.0428. The first-order chi connectivity index (χ1) is 11.1. The smallest absolute Gasteiger partial charge is 0.239 e. The van der Waals surface area contributed by atoms with Crippen molar-refractivity contribution in [2.45, 2.75) is 20.8 Å². The van der Waals surface area contributed by atoms with Gasteiger partial charge in [-0.3, -0.25) is 4.79 Å². The Hall–Kier alpha value is -2.49. The number of carbonyl (C=O) groups is 1. The van der Waals surface area contributed by atoms with E-state index >= 15 is 0 Å². The summed E-state index contributed by atoms with van der Waals surface area (Å²) in [4.78, 5) is 11.8. The molecule has 0 aliphatic rings. The number of hydrogen-bond acceptors (Lipinski definition) is 3. The third-order valence-electron chi connectivity index (χ3n) is 3.73.